The highest BCUT2D eigenvalue weighted by atomic mass is 32.1. The molecule has 1 aromatic heterocycles. The highest BCUT2D eigenvalue weighted by Gasteiger charge is 2.58. The zero-order valence-corrected chi connectivity index (χ0v) is 21.8. The predicted octanol–water partition coefficient (Wildman–Crippen LogP) is 7.50. The fourth-order valence-electron chi connectivity index (χ4n) is 5.95. The van der Waals surface area contributed by atoms with Crippen LogP contribution in [0.25, 0.3) is 20.2 Å². The van der Waals surface area contributed by atoms with Gasteiger partial charge in [-0.2, -0.15) is 0 Å². The van der Waals surface area contributed by atoms with Crippen molar-refractivity contribution in [1.29, 1.82) is 0 Å². The first-order valence-corrected chi connectivity index (χ1v) is 13.0. The number of benzene rings is 4. The lowest BCUT2D eigenvalue weighted by Gasteiger charge is -2.52. The van der Waals surface area contributed by atoms with E-state index >= 15 is 0 Å². The Bertz CT molecular complexity index is 1550. The van der Waals surface area contributed by atoms with Gasteiger partial charge in [0, 0.05) is 40.0 Å². The summed E-state index contributed by atoms with van der Waals surface area (Å²) < 4.78 is 14.9. The topological polar surface area (TPSA) is 35.5 Å². The molecule has 0 aliphatic rings. The maximum Gasteiger partial charge on any atom is 0.208 e. The molecule has 5 aromatic rings. The molecule has 0 bridgehead atoms. The van der Waals surface area contributed by atoms with E-state index in [-0.39, 0.29) is 11.3 Å². The van der Waals surface area contributed by atoms with Crippen LogP contribution < -0.4 is 5.43 Å². The molecule has 1 unspecified atom stereocenters. The van der Waals surface area contributed by atoms with Gasteiger partial charge in [-0.15, -0.1) is 11.3 Å². The highest BCUT2D eigenvalue weighted by Crippen LogP contribution is 2.56. The van der Waals surface area contributed by atoms with Crippen LogP contribution in [0.4, 0.5) is 0 Å². The van der Waals surface area contributed by atoms with E-state index in [1.807, 2.05) is 84.9 Å². The van der Waals surface area contributed by atoms with Gasteiger partial charge in [-0.05, 0) is 35.2 Å². The van der Waals surface area contributed by atoms with Crippen LogP contribution in [0.1, 0.15) is 30.5 Å². The molecule has 3 nitrogen and oxygen atoms in total. The van der Waals surface area contributed by atoms with Crippen LogP contribution in [-0.2, 0) is 20.7 Å². The Hall–Kier alpha value is -3.31. The first-order valence-electron chi connectivity index (χ1n) is 12.2. The quantitative estimate of drug-likeness (QED) is 0.174. The molecule has 0 amide bonds. The molecule has 0 radical (unpaired) electrons. The maximum absolute atomic E-state index is 14.2. The SMILES string of the molecule is COC(OC)(c1ccccc1)C(c1ccccc1)(c1cccc2sc3ccccc3c(=O)c12)C(C)C. The summed E-state index contributed by atoms with van der Waals surface area (Å²) in [6, 6.07) is 34.4. The normalized spacial score (nSPS) is 13.8. The fraction of sp³-hybridized carbons (Fsp3) is 0.219. The van der Waals surface area contributed by atoms with Gasteiger partial charge >= 0.3 is 0 Å². The lowest BCUT2D eigenvalue weighted by Crippen LogP contribution is -2.56. The van der Waals surface area contributed by atoms with Crippen LogP contribution >= 0.6 is 11.3 Å². The number of ether oxygens (including phenoxy) is 2. The van der Waals surface area contributed by atoms with Gasteiger partial charge in [0.05, 0.1) is 5.41 Å². The van der Waals surface area contributed by atoms with Gasteiger partial charge in [-0.3, -0.25) is 4.79 Å². The second-order valence-electron chi connectivity index (χ2n) is 9.33. The van der Waals surface area contributed by atoms with Crippen molar-refractivity contribution >= 4 is 31.5 Å². The van der Waals surface area contributed by atoms with E-state index in [4.69, 9.17) is 9.47 Å². The van der Waals surface area contributed by atoms with Crippen LogP contribution in [0, 0.1) is 5.92 Å². The number of rotatable bonds is 7. The first kappa shape index (κ1) is 24.4. The van der Waals surface area contributed by atoms with Crippen LogP contribution in [0.3, 0.4) is 0 Å². The third-order valence-electron chi connectivity index (χ3n) is 7.37. The Labute approximate surface area is 216 Å². The summed E-state index contributed by atoms with van der Waals surface area (Å²) in [4.78, 5) is 14.2. The highest BCUT2D eigenvalue weighted by molar-refractivity contribution is 7.24. The van der Waals surface area contributed by atoms with E-state index < -0.39 is 11.2 Å². The van der Waals surface area contributed by atoms with E-state index in [1.54, 1.807) is 25.6 Å². The maximum atomic E-state index is 14.2. The van der Waals surface area contributed by atoms with Crippen molar-refractivity contribution in [2.75, 3.05) is 14.2 Å². The van der Waals surface area contributed by atoms with Gasteiger partial charge < -0.3 is 9.47 Å². The van der Waals surface area contributed by atoms with Crippen molar-refractivity contribution < 1.29 is 9.47 Å². The van der Waals surface area contributed by atoms with Gasteiger partial charge in [0.25, 0.3) is 0 Å². The molecule has 5 rings (SSSR count). The minimum atomic E-state index is -1.21. The standard InChI is InChI=1S/C32H30O3S/c1-22(2)31(23-14-7-5-8-15-23,32(34-3,35-4)24-16-9-6-10-17-24)26-19-13-21-28-29(26)30(33)25-18-11-12-20-27(25)36-28/h5-22H,1-4H3. The fourth-order valence-corrected chi connectivity index (χ4v) is 7.06. The number of hydrogen-bond acceptors (Lipinski definition) is 4. The lowest BCUT2D eigenvalue weighted by molar-refractivity contribution is -0.261. The van der Waals surface area contributed by atoms with E-state index in [2.05, 4.69) is 32.0 Å². The number of methoxy groups -OCH3 is 2. The molecule has 0 aliphatic heterocycles. The predicted molar refractivity (Wildman–Crippen MR) is 150 cm³/mol. The van der Waals surface area contributed by atoms with Crippen LogP contribution in [0.15, 0.2) is 108 Å². The molecule has 0 spiro atoms. The molecule has 1 heterocycles. The van der Waals surface area contributed by atoms with Crippen molar-refractivity contribution in [2.24, 2.45) is 5.92 Å². The van der Waals surface area contributed by atoms with Gasteiger partial charge in [0.2, 0.25) is 5.79 Å². The zero-order chi connectivity index (χ0) is 25.3. The molecule has 0 saturated carbocycles. The summed E-state index contributed by atoms with van der Waals surface area (Å²) in [5, 5.41) is 1.45. The first-order chi connectivity index (χ1) is 17.5. The number of fused-ring (bicyclic) bond motifs is 2. The average Bonchev–Trinajstić information content (AvgIpc) is 2.92. The summed E-state index contributed by atoms with van der Waals surface area (Å²) in [5.41, 5.74) is 2.00. The Balaban J connectivity index is 2.03. The molecule has 0 saturated heterocycles. The van der Waals surface area contributed by atoms with Crippen molar-refractivity contribution in [3.8, 4) is 0 Å². The van der Waals surface area contributed by atoms with Crippen LogP contribution in [-0.4, -0.2) is 14.2 Å². The summed E-state index contributed by atoms with van der Waals surface area (Å²) in [6.45, 7) is 4.35. The van der Waals surface area contributed by atoms with Crippen molar-refractivity contribution in [3.63, 3.8) is 0 Å². The van der Waals surface area contributed by atoms with Gasteiger partial charge in [-0.25, -0.2) is 0 Å². The summed E-state index contributed by atoms with van der Waals surface area (Å²) in [5.74, 6) is -1.22. The third kappa shape index (κ3) is 3.44. The number of hydrogen-bond donors (Lipinski definition) is 0. The molecular formula is C32H30O3S. The van der Waals surface area contributed by atoms with Gasteiger partial charge in [0.15, 0.2) is 5.43 Å². The Morgan fingerprint density at radius 1 is 0.667 bits per heavy atom. The van der Waals surface area contributed by atoms with E-state index in [1.165, 1.54) is 0 Å². The van der Waals surface area contributed by atoms with Crippen LogP contribution in [0.5, 0.6) is 0 Å². The van der Waals surface area contributed by atoms with Crippen LogP contribution in [0.2, 0.25) is 0 Å². The van der Waals surface area contributed by atoms with Gasteiger partial charge in [-0.1, -0.05) is 98.8 Å². The Morgan fingerprint density at radius 3 is 1.83 bits per heavy atom. The smallest absolute Gasteiger partial charge is 0.208 e. The van der Waals surface area contributed by atoms with Gasteiger partial charge in [0.1, 0.15) is 0 Å². The Kier molecular flexibility index (Phi) is 6.52. The van der Waals surface area contributed by atoms with E-state index in [9.17, 15) is 4.79 Å². The summed E-state index contributed by atoms with van der Waals surface area (Å²) in [7, 11) is 3.38. The van der Waals surface area contributed by atoms with E-state index in [0.29, 0.717) is 5.39 Å². The van der Waals surface area contributed by atoms with Crippen molar-refractivity contribution in [1.82, 2.24) is 0 Å². The molecule has 4 aromatic carbocycles. The Morgan fingerprint density at radius 2 is 1.22 bits per heavy atom. The molecular weight excluding hydrogens is 464 g/mol. The molecule has 36 heavy (non-hydrogen) atoms. The largest absolute Gasteiger partial charge is 0.348 e. The van der Waals surface area contributed by atoms with Crippen molar-refractivity contribution in [2.45, 2.75) is 25.0 Å². The van der Waals surface area contributed by atoms with Crippen molar-refractivity contribution in [3.05, 3.63) is 130 Å². The second kappa shape index (κ2) is 9.62. The van der Waals surface area contributed by atoms with E-state index in [0.717, 1.165) is 31.5 Å². The average molecular weight is 495 g/mol. The second-order valence-corrected chi connectivity index (χ2v) is 10.4. The minimum Gasteiger partial charge on any atom is -0.348 e. The monoisotopic (exact) mass is 494 g/mol. The third-order valence-corrected chi connectivity index (χ3v) is 8.51. The molecule has 0 fully saturated rings. The zero-order valence-electron chi connectivity index (χ0n) is 21.0. The lowest BCUT2D eigenvalue weighted by atomic mass is 9.59. The minimum absolute atomic E-state index is 0.0125. The molecule has 182 valence electrons. The summed E-state index contributed by atoms with van der Waals surface area (Å²) in [6.07, 6.45) is 0. The molecule has 1 atom stereocenters. The molecule has 4 heteroatoms. The molecule has 0 aliphatic carbocycles. The summed E-state index contributed by atoms with van der Waals surface area (Å²) >= 11 is 1.64. The molecule has 0 N–H and O–H groups in total.